The zero-order valence-electron chi connectivity index (χ0n) is 16.8. The Hall–Kier alpha value is -2.89. The summed E-state index contributed by atoms with van der Waals surface area (Å²) in [5.74, 6) is -0.357. The Balaban J connectivity index is 1.67. The van der Waals surface area contributed by atoms with Gasteiger partial charge in [0.25, 0.3) is 0 Å². The summed E-state index contributed by atoms with van der Waals surface area (Å²) in [6, 6.07) is 7.94. The molecule has 1 fully saturated rings. The Bertz CT molecular complexity index is 881. The smallest absolute Gasteiger partial charge is 0.244 e. The Kier molecular flexibility index (Phi) is 6.29. The lowest BCUT2D eigenvalue weighted by atomic mass is 10.1. The summed E-state index contributed by atoms with van der Waals surface area (Å²) < 4.78 is 1.95. The van der Waals surface area contributed by atoms with Crippen molar-refractivity contribution in [1.29, 1.82) is 0 Å². The van der Waals surface area contributed by atoms with Crippen LogP contribution in [0.15, 0.2) is 30.3 Å². The standard InChI is InChI=1S/C22H28N4O2/c1-15-7-9-18(10-8-15)14-26-17(3)19(16(2)25-26)11-12-21(27)24-20-6-4-5-13-23-22(20)28/h7-12,20H,4-6,13-14H2,1-3H3,(H,23,28)(H,24,27). The van der Waals surface area contributed by atoms with Crippen LogP contribution in [0.3, 0.4) is 0 Å². The van der Waals surface area contributed by atoms with Crippen molar-refractivity contribution >= 4 is 17.9 Å². The number of benzene rings is 1. The highest BCUT2D eigenvalue weighted by atomic mass is 16.2. The van der Waals surface area contributed by atoms with Crippen molar-refractivity contribution in [1.82, 2.24) is 20.4 Å². The largest absolute Gasteiger partial charge is 0.354 e. The van der Waals surface area contributed by atoms with E-state index >= 15 is 0 Å². The van der Waals surface area contributed by atoms with E-state index in [0.29, 0.717) is 19.5 Å². The first-order chi connectivity index (χ1) is 13.4. The van der Waals surface area contributed by atoms with E-state index in [4.69, 9.17) is 0 Å². The highest BCUT2D eigenvalue weighted by Crippen LogP contribution is 2.17. The normalized spacial score (nSPS) is 17.4. The number of carbonyl (C=O) groups is 2. The fourth-order valence-corrected chi connectivity index (χ4v) is 3.43. The molecule has 0 aliphatic carbocycles. The first kappa shape index (κ1) is 19.9. The molecule has 0 radical (unpaired) electrons. The number of hydrogen-bond donors (Lipinski definition) is 2. The van der Waals surface area contributed by atoms with Crippen molar-refractivity contribution in [2.75, 3.05) is 6.54 Å². The molecule has 6 heteroatoms. The summed E-state index contributed by atoms with van der Waals surface area (Å²) >= 11 is 0. The van der Waals surface area contributed by atoms with E-state index < -0.39 is 6.04 Å². The first-order valence-electron chi connectivity index (χ1n) is 9.80. The van der Waals surface area contributed by atoms with Crippen LogP contribution in [0, 0.1) is 20.8 Å². The van der Waals surface area contributed by atoms with Gasteiger partial charge in [-0.2, -0.15) is 5.10 Å². The van der Waals surface area contributed by atoms with Gasteiger partial charge in [0.05, 0.1) is 12.2 Å². The molecule has 0 spiro atoms. The van der Waals surface area contributed by atoms with Crippen molar-refractivity contribution in [3.05, 3.63) is 58.4 Å². The van der Waals surface area contributed by atoms with E-state index in [0.717, 1.165) is 29.8 Å². The highest BCUT2D eigenvalue weighted by Gasteiger charge is 2.21. The average molecular weight is 380 g/mol. The van der Waals surface area contributed by atoms with Crippen LogP contribution in [0.5, 0.6) is 0 Å². The van der Waals surface area contributed by atoms with Gasteiger partial charge in [-0.3, -0.25) is 14.3 Å². The van der Waals surface area contributed by atoms with Gasteiger partial charge in [0, 0.05) is 23.9 Å². The molecule has 28 heavy (non-hydrogen) atoms. The second-order valence-corrected chi connectivity index (χ2v) is 7.41. The number of carbonyl (C=O) groups excluding carboxylic acids is 2. The quantitative estimate of drug-likeness (QED) is 0.783. The molecule has 1 aliphatic heterocycles. The molecule has 0 bridgehead atoms. The molecule has 1 saturated heterocycles. The number of nitrogens with one attached hydrogen (secondary N) is 2. The molecule has 1 aromatic heterocycles. The van der Waals surface area contributed by atoms with Gasteiger partial charge in [-0.05, 0) is 51.7 Å². The molecule has 2 amide bonds. The van der Waals surface area contributed by atoms with Crippen molar-refractivity contribution in [3.63, 3.8) is 0 Å². The van der Waals surface area contributed by atoms with Gasteiger partial charge in [0.2, 0.25) is 11.8 Å². The molecule has 1 aromatic carbocycles. The van der Waals surface area contributed by atoms with Crippen LogP contribution in [0.1, 0.15) is 47.3 Å². The molecule has 2 heterocycles. The molecule has 2 aromatic rings. The minimum absolute atomic E-state index is 0.0995. The topological polar surface area (TPSA) is 76.0 Å². The monoisotopic (exact) mass is 380 g/mol. The van der Waals surface area contributed by atoms with Crippen LogP contribution >= 0.6 is 0 Å². The van der Waals surface area contributed by atoms with Gasteiger partial charge >= 0.3 is 0 Å². The van der Waals surface area contributed by atoms with Crippen LogP contribution in [0.4, 0.5) is 0 Å². The Morgan fingerprint density at radius 3 is 2.75 bits per heavy atom. The molecular formula is C22H28N4O2. The van der Waals surface area contributed by atoms with Gasteiger partial charge < -0.3 is 10.6 Å². The molecule has 3 rings (SSSR count). The Labute approximate surface area is 166 Å². The van der Waals surface area contributed by atoms with Gasteiger partial charge in [-0.25, -0.2) is 0 Å². The SMILES string of the molecule is Cc1ccc(Cn2nc(C)c(C=CC(=O)NC3CCCCNC3=O)c2C)cc1. The van der Waals surface area contributed by atoms with Crippen molar-refractivity contribution < 1.29 is 9.59 Å². The first-order valence-corrected chi connectivity index (χ1v) is 9.80. The van der Waals surface area contributed by atoms with E-state index in [1.54, 1.807) is 6.08 Å². The van der Waals surface area contributed by atoms with Gasteiger partial charge in [-0.1, -0.05) is 29.8 Å². The molecule has 1 unspecified atom stereocenters. The Morgan fingerprint density at radius 1 is 1.25 bits per heavy atom. The van der Waals surface area contributed by atoms with Crippen LogP contribution in [-0.2, 0) is 16.1 Å². The lowest BCUT2D eigenvalue weighted by Crippen LogP contribution is -2.44. The van der Waals surface area contributed by atoms with Crippen molar-refractivity contribution in [2.24, 2.45) is 0 Å². The van der Waals surface area contributed by atoms with E-state index in [2.05, 4.69) is 46.9 Å². The number of amides is 2. The number of rotatable bonds is 5. The fraction of sp³-hybridized carbons (Fsp3) is 0.409. The third-order valence-corrected chi connectivity index (χ3v) is 5.14. The van der Waals surface area contributed by atoms with Gasteiger partial charge in [0.15, 0.2) is 0 Å². The van der Waals surface area contributed by atoms with Gasteiger partial charge in [0.1, 0.15) is 6.04 Å². The zero-order valence-corrected chi connectivity index (χ0v) is 16.8. The molecule has 6 nitrogen and oxygen atoms in total. The highest BCUT2D eigenvalue weighted by molar-refractivity contribution is 5.95. The maximum atomic E-state index is 12.3. The van der Waals surface area contributed by atoms with Crippen LogP contribution in [-0.4, -0.2) is 34.2 Å². The zero-order chi connectivity index (χ0) is 20.1. The third kappa shape index (κ3) is 4.88. The third-order valence-electron chi connectivity index (χ3n) is 5.14. The molecule has 1 aliphatic rings. The second kappa shape index (κ2) is 8.87. The maximum Gasteiger partial charge on any atom is 0.244 e. The molecule has 0 saturated carbocycles. The Morgan fingerprint density at radius 2 is 2.00 bits per heavy atom. The minimum Gasteiger partial charge on any atom is -0.354 e. The van der Waals surface area contributed by atoms with Crippen molar-refractivity contribution in [2.45, 2.75) is 52.6 Å². The summed E-state index contributed by atoms with van der Waals surface area (Å²) in [5.41, 5.74) is 5.24. The fourth-order valence-electron chi connectivity index (χ4n) is 3.43. The number of aromatic nitrogens is 2. The van der Waals surface area contributed by atoms with E-state index in [-0.39, 0.29) is 11.8 Å². The summed E-state index contributed by atoms with van der Waals surface area (Å²) in [5, 5.41) is 10.3. The van der Waals surface area contributed by atoms with Gasteiger partial charge in [-0.15, -0.1) is 0 Å². The number of hydrogen-bond acceptors (Lipinski definition) is 3. The predicted octanol–water partition coefficient (Wildman–Crippen LogP) is 2.65. The number of nitrogens with zero attached hydrogens (tertiary/aromatic N) is 2. The van der Waals surface area contributed by atoms with Crippen LogP contribution in [0.2, 0.25) is 0 Å². The molecule has 2 N–H and O–H groups in total. The predicted molar refractivity (Wildman–Crippen MR) is 110 cm³/mol. The average Bonchev–Trinajstić information content (AvgIpc) is 2.80. The molecule has 1 atom stereocenters. The maximum absolute atomic E-state index is 12.3. The summed E-state index contributed by atoms with van der Waals surface area (Å²) in [6.07, 6.45) is 5.83. The molecular weight excluding hydrogens is 352 g/mol. The lowest BCUT2D eigenvalue weighted by molar-refractivity contribution is -0.126. The second-order valence-electron chi connectivity index (χ2n) is 7.41. The minimum atomic E-state index is -0.453. The van der Waals surface area contributed by atoms with E-state index in [1.165, 1.54) is 17.2 Å². The summed E-state index contributed by atoms with van der Waals surface area (Å²) in [7, 11) is 0. The molecule has 148 valence electrons. The van der Waals surface area contributed by atoms with E-state index in [1.807, 2.05) is 18.5 Å². The van der Waals surface area contributed by atoms with Crippen LogP contribution < -0.4 is 10.6 Å². The lowest BCUT2D eigenvalue weighted by Gasteiger charge is -2.13. The van der Waals surface area contributed by atoms with Crippen molar-refractivity contribution in [3.8, 4) is 0 Å². The number of aryl methyl sites for hydroxylation is 2. The van der Waals surface area contributed by atoms with E-state index in [9.17, 15) is 9.59 Å². The summed E-state index contributed by atoms with van der Waals surface area (Å²) in [4.78, 5) is 24.3. The summed E-state index contributed by atoms with van der Waals surface area (Å²) in [6.45, 7) is 7.38. The van der Waals surface area contributed by atoms with Crippen LogP contribution in [0.25, 0.3) is 6.08 Å².